The quantitative estimate of drug-likeness (QED) is 0.633. The summed E-state index contributed by atoms with van der Waals surface area (Å²) >= 11 is 12.0. The molecule has 0 spiro atoms. The number of hydrogen-bond donors (Lipinski definition) is 1. The Morgan fingerprint density at radius 3 is 2.33 bits per heavy atom. The van der Waals surface area contributed by atoms with Crippen molar-refractivity contribution in [3.63, 3.8) is 0 Å². The zero-order chi connectivity index (χ0) is 21.7. The number of benzene rings is 2. The molecule has 0 bridgehead atoms. The third-order valence-electron chi connectivity index (χ3n) is 5.47. The zero-order valence-corrected chi connectivity index (χ0v) is 18.3. The Hall–Kier alpha value is -2.11. The highest BCUT2D eigenvalue weighted by atomic mass is 35.5. The topological polar surface area (TPSA) is 49.4 Å². The highest BCUT2D eigenvalue weighted by Gasteiger charge is 2.28. The summed E-state index contributed by atoms with van der Waals surface area (Å²) < 4.78 is 13.3. The molecule has 1 N–H and O–H groups in total. The SMILES string of the molecule is C[C@@H](C(=O)NC1CCCC1)N(Cc1ccc(F)cc1)C(=O)Cc1ccc(Cl)c(Cl)c1. The van der Waals surface area contributed by atoms with Gasteiger partial charge in [-0.1, -0.05) is 54.2 Å². The molecule has 2 aromatic carbocycles. The molecule has 0 radical (unpaired) electrons. The lowest BCUT2D eigenvalue weighted by atomic mass is 10.1. The molecule has 2 aromatic rings. The molecule has 0 aromatic heterocycles. The van der Waals surface area contributed by atoms with E-state index in [9.17, 15) is 14.0 Å². The third kappa shape index (κ3) is 5.96. The highest BCUT2D eigenvalue weighted by Crippen LogP contribution is 2.24. The van der Waals surface area contributed by atoms with E-state index in [1.807, 2.05) is 0 Å². The fourth-order valence-corrected chi connectivity index (χ4v) is 4.01. The number of nitrogens with one attached hydrogen (secondary N) is 1. The Labute approximate surface area is 186 Å². The second-order valence-electron chi connectivity index (χ2n) is 7.74. The molecule has 0 heterocycles. The van der Waals surface area contributed by atoms with Crippen molar-refractivity contribution >= 4 is 35.0 Å². The van der Waals surface area contributed by atoms with Crippen LogP contribution in [0, 0.1) is 5.82 Å². The van der Waals surface area contributed by atoms with Crippen LogP contribution in [0.4, 0.5) is 4.39 Å². The Morgan fingerprint density at radius 2 is 1.70 bits per heavy atom. The van der Waals surface area contributed by atoms with Crippen molar-refractivity contribution in [2.45, 2.75) is 57.7 Å². The number of rotatable bonds is 7. The van der Waals surface area contributed by atoms with Crippen molar-refractivity contribution < 1.29 is 14.0 Å². The minimum absolute atomic E-state index is 0.0825. The van der Waals surface area contributed by atoms with Crippen molar-refractivity contribution in [2.24, 2.45) is 0 Å². The molecule has 4 nitrogen and oxygen atoms in total. The van der Waals surface area contributed by atoms with Gasteiger partial charge >= 0.3 is 0 Å². The van der Waals surface area contributed by atoms with E-state index in [0.717, 1.165) is 31.2 Å². The third-order valence-corrected chi connectivity index (χ3v) is 6.21. The number of halogens is 3. The van der Waals surface area contributed by atoms with E-state index in [1.165, 1.54) is 17.0 Å². The zero-order valence-electron chi connectivity index (χ0n) is 16.8. The summed E-state index contributed by atoms with van der Waals surface area (Å²) in [6.07, 6.45) is 4.23. The van der Waals surface area contributed by atoms with E-state index in [-0.39, 0.29) is 36.6 Å². The molecule has 0 unspecified atom stereocenters. The van der Waals surface area contributed by atoms with Gasteiger partial charge < -0.3 is 10.2 Å². The predicted octanol–water partition coefficient (Wildman–Crippen LogP) is 5.15. The second-order valence-corrected chi connectivity index (χ2v) is 8.55. The van der Waals surface area contributed by atoms with Gasteiger partial charge in [0.1, 0.15) is 11.9 Å². The highest BCUT2D eigenvalue weighted by molar-refractivity contribution is 6.42. The van der Waals surface area contributed by atoms with E-state index >= 15 is 0 Å². The molecule has 30 heavy (non-hydrogen) atoms. The van der Waals surface area contributed by atoms with Crippen LogP contribution in [0.15, 0.2) is 42.5 Å². The van der Waals surface area contributed by atoms with Gasteiger partial charge in [0.15, 0.2) is 0 Å². The summed E-state index contributed by atoms with van der Waals surface area (Å²) in [5.74, 6) is -0.738. The van der Waals surface area contributed by atoms with Gasteiger partial charge in [0.25, 0.3) is 0 Å². The molecule has 2 amide bonds. The molecular weight excluding hydrogens is 426 g/mol. The minimum atomic E-state index is -0.661. The summed E-state index contributed by atoms with van der Waals surface area (Å²) in [5.41, 5.74) is 1.46. The maximum Gasteiger partial charge on any atom is 0.242 e. The van der Waals surface area contributed by atoms with Crippen LogP contribution in [0.1, 0.15) is 43.7 Å². The van der Waals surface area contributed by atoms with Crippen LogP contribution < -0.4 is 5.32 Å². The maximum absolute atomic E-state index is 13.3. The molecule has 1 atom stereocenters. The van der Waals surface area contributed by atoms with Crippen LogP contribution in [0.25, 0.3) is 0 Å². The summed E-state index contributed by atoms with van der Waals surface area (Å²) in [5, 5.41) is 3.85. The van der Waals surface area contributed by atoms with Crippen LogP contribution in [-0.2, 0) is 22.6 Å². The van der Waals surface area contributed by atoms with Gasteiger partial charge in [-0.15, -0.1) is 0 Å². The van der Waals surface area contributed by atoms with Gasteiger partial charge in [0, 0.05) is 12.6 Å². The molecule has 160 valence electrons. The van der Waals surface area contributed by atoms with Gasteiger partial charge in [0.05, 0.1) is 16.5 Å². The first-order chi connectivity index (χ1) is 14.3. The van der Waals surface area contributed by atoms with E-state index in [4.69, 9.17) is 23.2 Å². The van der Waals surface area contributed by atoms with E-state index in [2.05, 4.69) is 5.32 Å². The number of nitrogens with zero attached hydrogens (tertiary/aromatic N) is 1. The van der Waals surface area contributed by atoms with Crippen molar-refractivity contribution in [1.29, 1.82) is 0 Å². The average molecular weight is 451 g/mol. The second kappa shape index (κ2) is 10.3. The predicted molar refractivity (Wildman–Crippen MR) is 117 cm³/mol. The monoisotopic (exact) mass is 450 g/mol. The van der Waals surface area contributed by atoms with Crippen LogP contribution >= 0.6 is 23.2 Å². The lowest BCUT2D eigenvalue weighted by molar-refractivity contribution is -0.140. The summed E-state index contributed by atoms with van der Waals surface area (Å²) in [6.45, 7) is 1.93. The molecule has 1 aliphatic carbocycles. The van der Waals surface area contributed by atoms with E-state index in [0.29, 0.717) is 15.6 Å². The van der Waals surface area contributed by atoms with Gasteiger partial charge in [-0.25, -0.2) is 4.39 Å². The van der Waals surface area contributed by atoms with Crippen LogP contribution in [-0.4, -0.2) is 28.8 Å². The van der Waals surface area contributed by atoms with Gasteiger partial charge in [-0.05, 0) is 55.2 Å². The summed E-state index contributed by atoms with van der Waals surface area (Å²) in [4.78, 5) is 27.5. The summed E-state index contributed by atoms with van der Waals surface area (Å²) in [7, 11) is 0. The number of carbonyl (C=O) groups is 2. The molecule has 1 saturated carbocycles. The minimum Gasteiger partial charge on any atom is -0.352 e. The van der Waals surface area contributed by atoms with Crippen LogP contribution in [0.5, 0.6) is 0 Å². The lowest BCUT2D eigenvalue weighted by Crippen LogP contribution is -2.50. The molecule has 1 aliphatic rings. The normalized spacial score (nSPS) is 15.1. The van der Waals surface area contributed by atoms with Crippen molar-refractivity contribution in [3.8, 4) is 0 Å². The van der Waals surface area contributed by atoms with Gasteiger partial charge in [-0.3, -0.25) is 9.59 Å². The van der Waals surface area contributed by atoms with Crippen molar-refractivity contribution in [2.75, 3.05) is 0 Å². The first-order valence-corrected chi connectivity index (χ1v) is 10.9. The van der Waals surface area contributed by atoms with E-state index < -0.39 is 6.04 Å². The molecular formula is C23H25Cl2FN2O2. The van der Waals surface area contributed by atoms with Crippen LogP contribution in [0.3, 0.4) is 0 Å². The van der Waals surface area contributed by atoms with Gasteiger partial charge in [-0.2, -0.15) is 0 Å². The Kier molecular flexibility index (Phi) is 7.73. The fourth-order valence-electron chi connectivity index (χ4n) is 3.69. The first kappa shape index (κ1) is 22.6. The fraction of sp³-hybridized carbons (Fsp3) is 0.391. The molecule has 3 rings (SSSR count). The van der Waals surface area contributed by atoms with Gasteiger partial charge in [0.2, 0.25) is 11.8 Å². The number of amides is 2. The molecule has 0 aliphatic heterocycles. The van der Waals surface area contributed by atoms with E-state index in [1.54, 1.807) is 37.3 Å². The van der Waals surface area contributed by atoms with Crippen LogP contribution in [0.2, 0.25) is 10.0 Å². The average Bonchev–Trinajstić information content (AvgIpc) is 3.22. The number of hydrogen-bond acceptors (Lipinski definition) is 2. The maximum atomic E-state index is 13.3. The summed E-state index contributed by atoms with van der Waals surface area (Å²) in [6, 6.07) is 10.5. The smallest absolute Gasteiger partial charge is 0.242 e. The molecule has 7 heteroatoms. The largest absolute Gasteiger partial charge is 0.352 e. The number of carbonyl (C=O) groups excluding carboxylic acids is 2. The first-order valence-electron chi connectivity index (χ1n) is 10.1. The Bertz CT molecular complexity index is 899. The Morgan fingerprint density at radius 1 is 1.07 bits per heavy atom. The molecule has 0 saturated heterocycles. The van der Waals surface area contributed by atoms with Crippen molar-refractivity contribution in [3.05, 3.63) is 69.5 Å². The molecule has 1 fully saturated rings. The standard InChI is InChI=1S/C23H25Cl2FN2O2/c1-15(23(30)27-19-4-2-3-5-19)28(14-16-6-9-18(26)10-7-16)22(29)13-17-8-11-20(24)21(25)12-17/h6-12,15,19H,2-5,13-14H2,1H3,(H,27,30)/t15-/m0/s1. The van der Waals surface area contributed by atoms with Crippen molar-refractivity contribution in [1.82, 2.24) is 10.2 Å². The lowest BCUT2D eigenvalue weighted by Gasteiger charge is -2.30. The Balaban J connectivity index is 1.77.